The summed E-state index contributed by atoms with van der Waals surface area (Å²) in [7, 11) is 0. The highest BCUT2D eigenvalue weighted by Crippen LogP contribution is 2.71. The van der Waals surface area contributed by atoms with Crippen LogP contribution < -0.4 is 0 Å². The van der Waals surface area contributed by atoms with E-state index < -0.39 is 52.8 Å². The van der Waals surface area contributed by atoms with Gasteiger partial charge in [0.05, 0.1) is 18.8 Å². The molecule has 250 valence electrons. The third-order valence-corrected chi connectivity index (χ3v) is 12.8. The summed E-state index contributed by atoms with van der Waals surface area (Å²) < 4.78 is 84.9. The van der Waals surface area contributed by atoms with Gasteiger partial charge in [-0.2, -0.15) is 22.0 Å². The van der Waals surface area contributed by atoms with Crippen LogP contribution in [0.5, 0.6) is 0 Å². The molecule has 5 fully saturated rings. The summed E-state index contributed by atoms with van der Waals surface area (Å²) in [6.07, 6.45) is -3.69. The Morgan fingerprint density at radius 3 is 2.11 bits per heavy atom. The van der Waals surface area contributed by atoms with Crippen molar-refractivity contribution < 1.29 is 46.7 Å². The zero-order valence-electron chi connectivity index (χ0n) is 26.2. The summed E-state index contributed by atoms with van der Waals surface area (Å²) in [5.74, 6) is -7.22. The van der Waals surface area contributed by atoms with Gasteiger partial charge in [0.25, 0.3) is 0 Å². The van der Waals surface area contributed by atoms with E-state index in [1.165, 1.54) is 6.92 Å². The number of hydrogen-bond donors (Lipinski definition) is 3. The topological polar surface area (TPSA) is 79.2 Å². The second kappa shape index (κ2) is 9.97. The molecule has 4 saturated carbocycles. The molecule has 10 heteroatoms. The Kier molecular flexibility index (Phi) is 7.09. The Hall–Kier alpha value is -1.59. The van der Waals surface area contributed by atoms with Gasteiger partial charge in [-0.1, -0.05) is 50.6 Å². The Bertz CT molecular complexity index is 1360. The average molecular weight is 641 g/mol. The van der Waals surface area contributed by atoms with Crippen LogP contribution in [-0.2, 0) is 9.47 Å². The van der Waals surface area contributed by atoms with Crippen LogP contribution in [-0.4, -0.2) is 64.2 Å². The zero-order valence-corrected chi connectivity index (χ0v) is 26.2. The van der Waals surface area contributed by atoms with Crippen LogP contribution in [0.2, 0.25) is 0 Å². The average Bonchev–Trinajstić information content (AvgIpc) is 3.71. The lowest BCUT2D eigenvalue weighted by atomic mass is 9.49. The molecule has 5 aliphatic carbocycles. The highest BCUT2D eigenvalue weighted by atomic mass is 19.4. The van der Waals surface area contributed by atoms with Crippen molar-refractivity contribution in [3.63, 3.8) is 0 Å². The lowest BCUT2D eigenvalue weighted by Gasteiger charge is -2.59. The molecule has 5 nitrogen and oxygen atoms in total. The molecule has 6 aliphatic rings. The molecule has 1 aliphatic heterocycles. The first-order valence-corrected chi connectivity index (χ1v) is 16.5. The summed E-state index contributed by atoms with van der Waals surface area (Å²) >= 11 is 0. The van der Waals surface area contributed by atoms with E-state index >= 15 is 8.78 Å². The van der Waals surface area contributed by atoms with E-state index in [0.717, 1.165) is 28.7 Å². The standard InChI is InChI=1S/C35H45F5O5/c1-29(2)18-44-32(45-19-29)12-9-27-28-23(8-11-31(27,42)17-32)26-10-13-33(43,34(36,37)35(38,39)40)30(26,3)15-25(28)21-6-4-20(5-7-21)24-14-22(24)16-41/h4-7,22-26,41-43H,8-19H2,1-3H3/t22-,23?,24-,25+,26?,30-,31?,33-/m0/s1. The molecule has 8 atom stereocenters. The molecular formula is C35H45F5O5. The van der Waals surface area contributed by atoms with Gasteiger partial charge in [-0.25, -0.2) is 0 Å². The van der Waals surface area contributed by atoms with E-state index in [1.54, 1.807) is 0 Å². The first-order valence-electron chi connectivity index (χ1n) is 16.5. The van der Waals surface area contributed by atoms with Crippen molar-refractivity contribution >= 4 is 0 Å². The van der Waals surface area contributed by atoms with Crippen molar-refractivity contribution in [2.75, 3.05) is 19.8 Å². The summed E-state index contributed by atoms with van der Waals surface area (Å²) in [4.78, 5) is 0. The second-order valence-electron chi connectivity index (χ2n) is 16.1. The Morgan fingerprint density at radius 1 is 0.867 bits per heavy atom. The van der Waals surface area contributed by atoms with Crippen molar-refractivity contribution in [2.45, 2.75) is 119 Å². The van der Waals surface area contributed by atoms with Crippen molar-refractivity contribution in [1.82, 2.24) is 0 Å². The van der Waals surface area contributed by atoms with E-state index in [4.69, 9.17) is 9.47 Å². The molecule has 45 heavy (non-hydrogen) atoms. The summed E-state index contributed by atoms with van der Waals surface area (Å²) in [6.45, 7) is 6.65. The number of rotatable bonds is 4. The summed E-state index contributed by atoms with van der Waals surface area (Å²) in [5, 5.41) is 33.4. The highest BCUT2D eigenvalue weighted by molar-refractivity contribution is 5.45. The monoisotopic (exact) mass is 640 g/mol. The molecule has 1 aromatic carbocycles. The quantitative estimate of drug-likeness (QED) is 0.244. The van der Waals surface area contributed by atoms with Crippen LogP contribution in [0.15, 0.2) is 35.4 Å². The normalized spacial score (nSPS) is 42.2. The maximum absolute atomic E-state index is 15.3. The summed E-state index contributed by atoms with van der Waals surface area (Å²) in [6, 6.07) is 7.77. The van der Waals surface area contributed by atoms with Gasteiger partial charge in [-0.3, -0.25) is 0 Å². The fourth-order valence-corrected chi connectivity index (χ4v) is 10.1. The number of fused-ring (bicyclic) bond motifs is 4. The molecule has 7 rings (SSSR count). The fraction of sp³-hybridized carbons (Fsp3) is 0.771. The molecular weight excluding hydrogens is 595 g/mol. The van der Waals surface area contributed by atoms with Gasteiger partial charge >= 0.3 is 12.1 Å². The van der Waals surface area contributed by atoms with Crippen LogP contribution in [0.25, 0.3) is 0 Å². The van der Waals surface area contributed by atoms with E-state index in [9.17, 15) is 28.5 Å². The van der Waals surface area contributed by atoms with Crippen molar-refractivity contribution in [3.8, 4) is 0 Å². The molecule has 0 amide bonds. The number of ether oxygens (including phenoxy) is 2. The molecule has 1 saturated heterocycles. The molecule has 0 radical (unpaired) electrons. The Morgan fingerprint density at radius 2 is 1.51 bits per heavy atom. The van der Waals surface area contributed by atoms with Crippen LogP contribution in [0.3, 0.4) is 0 Å². The van der Waals surface area contributed by atoms with Gasteiger partial charge in [0, 0.05) is 36.2 Å². The first-order chi connectivity index (χ1) is 20.9. The van der Waals surface area contributed by atoms with Gasteiger partial charge in [0.15, 0.2) is 5.79 Å². The minimum Gasteiger partial charge on any atom is -0.396 e. The number of aliphatic hydroxyl groups is 3. The van der Waals surface area contributed by atoms with Crippen LogP contribution in [0, 0.1) is 28.6 Å². The Balaban J connectivity index is 1.31. The minimum absolute atomic E-state index is 0.0552. The number of halogens is 5. The number of hydrogen-bond acceptors (Lipinski definition) is 5. The number of allylic oxidation sites excluding steroid dienone is 1. The molecule has 1 spiro atoms. The van der Waals surface area contributed by atoms with Crippen LogP contribution >= 0.6 is 0 Å². The Labute approximate surface area is 261 Å². The van der Waals surface area contributed by atoms with Crippen molar-refractivity contribution in [3.05, 3.63) is 46.5 Å². The molecule has 1 aromatic rings. The maximum Gasteiger partial charge on any atom is 0.456 e. The van der Waals surface area contributed by atoms with Crippen LogP contribution in [0.4, 0.5) is 22.0 Å². The van der Waals surface area contributed by atoms with E-state index in [0.29, 0.717) is 38.9 Å². The number of benzene rings is 1. The van der Waals surface area contributed by atoms with Gasteiger partial charge in [0.2, 0.25) is 0 Å². The molecule has 0 bridgehead atoms. The molecule has 0 aromatic heterocycles. The maximum atomic E-state index is 15.3. The lowest BCUT2D eigenvalue weighted by Crippen LogP contribution is -2.65. The van der Waals surface area contributed by atoms with Crippen molar-refractivity contribution in [2.24, 2.45) is 28.6 Å². The summed E-state index contributed by atoms with van der Waals surface area (Å²) in [5.41, 5.74) is -2.72. The predicted molar refractivity (Wildman–Crippen MR) is 155 cm³/mol. The highest BCUT2D eigenvalue weighted by Gasteiger charge is 2.79. The second-order valence-corrected chi connectivity index (χ2v) is 16.1. The van der Waals surface area contributed by atoms with Crippen molar-refractivity contribution in [1.29, 1.82) is 0 Å². The molecule has 1 heterocycles. The van der Waals surface area contributed by atoms with E-state index in [2.05, 4.69) is 13.8 Å². The largest absolute Gasteiger partial charge is 0.456 e. The fourth-order valence-electron chi connectivity index (χ4n) is 10.1. The van der Waals surface area contributed by atoms with Crippen LogP contribution in [0.1, 0.15) is 102 Å². The van der Waals surface area contributed by atoms with E-state index in [-0.39, 0.29) is 49.0 Å². The third kappa shape index (κ3) is 4.62. The smallest absolute Gasteiger partial charge is 0.396 e. The zero-order chi connectivity index (χ0) is 32.4. The molecule has 3 unspecified atom stereocenters. The number of aliphatic hydroxyl groups excluding tert-OH is 1. The molecule has 3 N–H and O–H groups in total. The number of alkyl halides is 5. The third-order valence-electron chi connectivity index (χ3n) is 12.8. The minimum atomic E-state index is -5.89. The predicted octanol–water partition coefficient (Wildman–Crippen LogP) is 7.01. The lowest BCUT2D eigenvalue weighted by molar-refractivity contribution is -0.362. The van der Waals surface area contributed by atoms with Gasteiger partial charge in [-0.15, -0.1) is 0 Å². The van der Waals surface area contributed by atoms with Gasteiger partial charge in [-0.05, 0) is 85.3 Å². The SMILES string of the molecule is CC1(C)COC2(CCC3=C4C(CCC3(O)C2)C2CC[C@@](O)(C(F)(F)C(F)(F)F)[C@@]2(C)C[C@@H]4c2ccc([C@@H]3C[C@H]3CO)cc2)OC1. The first kappa shape index (κ1) is 32.0. The van der Waals surface area contributed by atoms with Gasteiger partial charge < -0.3 is 24.8 Å². The van der Waals surface area contributed by atoms with Gasteiger partial charge in [0.1, 0.15) is 5.60 Å². The van der Waals surface area contributed by atoms with E-state index in [1.807, 2.05) is 24.3 Å².